The van der Waals surface area contributed by atoms with E-state index in [1.54, 1.807) is 4.90 Å². The normalized spacial score (nSPS) is 15.5. The van der Waals surface area contributed by atoms with Crippen LogP contribution in [0.1, 0.15) is 56.2 Å². The molecule has 2 N–H and O–H groups in total. The fraction of sp³-hybridized carbons (Fsp3) is 0.360. The van der Waals surface area contributed by atoms with Crippen LogP contribution in [-0.2, 0) is 16.1 Å². The van der Waals surface area contributed by atoms with Crippen molar-refractivity contribution in [3.8, 4) is 0 Å². The van der Waals surface area contributed by atoms with Gasteiger partial charge in [-0.05, 0) is 30.5 Å². The second-order valence-electron chi connectivity index (χ2n) is 8.31. The number of aromatic amines is 1. The highest BCUT2D eigenvalue weighted by molar-refractivity contribution is 6.31. The molecule has 1 atom stereocenters. The zero-order valence-electron chi connectivity index (χ0n) is 17.7. The van der Waals surface area contributed by atoms with Gasteiger partial charge in [0.25, 0.3) is 0 Å². The highest BCUT2D eigenvalue weighted by atomic mass is 35.5. The van der Waals surface area contributed by atoms with Crippen LogP contribution in [0.2, 0.25) is 5.02 Å². The monoisotopic (exact) mass is 437 g/mol. The molecule has 0 radical (unpaired) electrons. The third kappa shape index (κ3) is 4.93. The maximum atomic E-state index is 13.6. The predicted molar refractivity (Wildman–Crippen MR) is 124 cm³/mol. The Kier molecular flexibility index (Phi) is 6.62. The summed E-state index contributed by atoms with van der Waals surface area (Å²) in [4.78, 5) is 31.3. The number of benzene rings is 2. The molecule has 1 aliphatic rings. The number of rotatable bonds is 6. The second-order valence-corrected chi connectivity index (χ2v) is 8.75. The molecule has 0 aliphatic heterocycles. The first-order valence-corrected chi connectivity index (χ1v) is 11.3. The number of aromatic nitrogens is 1. The van der Waals surface area contributed by atoms with Gasteiger partial charge in [-0.15, -0.1) is 0 Å². The van der Waals surface area contributed by atoms with Crippen LogP contribution in [0.25, 0.3) is 10.9 Å². The van der Waals surface area contributed by atoms with Crippen molar-refractivity contribution in [1.82, 2.24) is 15.2 Å². The zero-order valence-corrected chi connectivity index (χ0v) is 18.5. The Morgan fingerprint density at radius 2 is 1.87 bits per heavy atom. The van der Waals surface area contributed by atoms with Gasteiger partial charge in [-0.25, -0.2) is 0 Å². The van der Waals surface area contributed by atoms with Crippen LogP contribution in [-0.4, -0.2) is 27.7 Å². The van der Waals surface area contributed by atoms with Crippen molar-refractivity contribution in [2.24, 2.45) is 0 Å². The number of carbonyl (C=O) groups is 2. The first-order chi connectivity index (χ1) is 15.0. The average Bonchev–Trinajstić information content (AvgIpc) is 3.17. The van der Waals surface area contributed by atoms with Crippen LogP contribution in [0.5, 0.6) is 0 Å². The van der Waals surface area contributed by atoms with E-state index >= 15 is 0 Å². The van der Waals surface area contributed by atoms with E-state index in [1.807, 2.05) is 54.7 Å². The maximum absolute atomic E-state index is 13.6. The number of carbonyl (C=O) groups excluding carboxylic acids is 2. The fourth-order valence-corrected chi connectivity index (χ4v) is 4.66. The molecule has 3 aromatic rings. The Bertz CT molecular complexity index is 1060. The molecular formula is C25H28ClN3O2. The number of nitrogens with one attached hydrogen (secondary N) is 2. The van der Waals surface area contributed by atoms with E-state index < -0.39 is 6.04 Å². The number of hydrogen-bond donors (Lipinski definition) is 2. The Balaban J connectivity index is 1.72. The van der Waals surface area contributed by atoms with Crippen molar-refractivity contribution in [1.29, 1.82) is 0 Å². The molecule has 1 heterocycles. The van der Waals surface area contributed by atoms with Crippen LogP contribution in [0.15, 0.2) is 54.7 Å². The van der Waals surface area contributed by atoms with Gasteiger partial charge >= 0.3 is 0 Å². The van der Waals surface area contributed by atoms with Gasteiger partial charge in [-0.1, -0.05) is 67.3 Å². The molecule has 5 nitrogen and oxygen atoms in total. The highest BCUT2D eigenvalue weighted by Crippen LogP contribution is 2.32. The molecule has 1 saturated carbocycles. The number of hydrogen-bond acceptors (Lipinski definition) is 2. The van der Waals surface area contributed by atoms with Gasteiger partial charge < -0.3 is 15.2 Å². The van der Waals surface area contributed by atoms with E-state index in [9.17, 15) is 9.59 Å². The highest BCUT2D eigenvalue weighted by Gasteiger charge is 2.33. The largest absolute Gasteiger partial charge is 0.361 e. The van der Waals surface area contributed by atoms with Gasteiger partial charge in [-0.3, -0.25) is 9.59 Å². The second kappa shape index (κ2) is 9.56. The van der Waals surface area contributed by atoms with Crippen LogP contribution in [0.4, 0.5) is 0 Å². The molecule has 1 aliphatic carbocycles. The van der Waals surface area contributed by atoms with Crippen molar-refractivity contribution in [3.63, 3.8) is 0 Å². The fourth-order valence-electron chi connectivity index (χ4n) is 4.49. The van der Waals surface area contributed by atoms with Crippen LogP contribution in [0, 0.1) is 0 Å². The van der Waals surface area contributed by atoms with Crippen LogP contribution < -0.4 is 5.32 Å². The van der Waals surface area contributed by atoms with Crippen molar-refractivity contribution in [2.45, 2.75) is 57.7 Å². The molecular weight excluding hydrogens is 410 g/mol. The minimum Gasteiger partial charge on any atom is -0.361 e. The van der Waals surface area contributed by atoms with Gasteiger partial charge in [0, 0.05) is 47.2 Å². The van der Waals surface area contributed by atoms with Crippen molar-refractivity contribution >= 4 is 34.3 Å². The summed E-state index contributed by atoms with van der Waals surface area (Å²) in [6.45, 7) is 1.88. The smallest absolute Gasteiger partial charge is 0.247 e. The summed E-state index contributed by atoms with van der Waals surface area (Å²) in [7, 11) is 0. The molecule has 1 aromatic heterocycles. The molecule has 1 unspecified atom stereocenters. The SMILES string of the molecule is CC(=O)N(Cc1ccccc1)C(C(=O)NC1CCCCC1)c1c[nH]c2cc(Cl)ccc12. The number of H-pyrrole nitrogens is 1. The molecule has 0 bridgehead atoms. The lowest BCUT2D eigenvalue weighted by Crippen LogP contribution is -2.46. The molecule has 4 rings (SSSR count). The van der Waals surface area contributed by atoms with Crippen molar-refractivity contribution in [2.75, 3.05) is 0 Å². The van der Waals surface area contributed by atoms with Gasteiger partial charge in [0.1, 0.15) is 6.04 Å². The Morgan fingerprint density at radius 1 is 1.13 bits per heavy atom. The van der Waals surface area contributed by atoms with Gasteiger partial charge in [0.05, 0.1) is 0 Å². The number of fused-ring (bicyclic) bond motifs is 1. The van der Waals surface area contributed by atoms with E-state index in [0.29, 0.717) is 11.6 Å². The van der Waals surface area contributed by atoms with E-state index in [-0.39, 0.29) is 17.9 Å². The summed E-state index contributed by atoms with van der Waals surface area (Å²) >= 11 is 6.16. The van der Waals surface area contributed by atoms with E-state index in [4.69, 9.17) is 11.6 Å². The number of nitrogens with zero attached hydrogens (tertiary/aromatic N) is 1. The first kappa shape index (κ1) is 21.4. The van der Waals surface area contributed by atoms with E-state index in [2.05, 4.69) is 10.3 Å². The lowest BCUT2D eigenvalue weighted by Gasteiger charge is -2.32. The summed E-state index contributed by atoms with van der Waals surface area (Å²) in [5.74, 6) is -0.273. The van der Waals surface area contributed by atoms with Crippen molar-refractivity contribution in [3.05, 3.63) is 70.9 Å². The lowest BCUT2D eigenvalue weighted by atomic mass is 9.94. The predicted octanol–water partition coefficient (Wildman–Crippen LogP) is 5.36. The van der Waals surface area contributed by atoms with Crippen molar-refractivity contribution < 1.29 is 9.59 Å². The lowest BCUT2D eigenvalue weighted by molar-refractivity contribution is -0.140. The number of halogens is 1. The quantitative estimate of drug-likeness (QED) is 0.545. The summed E-state index contributed by atoms with van der Waals surface area (Å²) in [5, 5.41) is 4.75. The molecule has 6 heteroatoms. The molecule has 31 heavy (non-hydrogen) atoms. The minimum atomic E-state index is -0.727. The van der Waals surface area contributed by atoms with E-state index in [1.165, 1.54) is 13.3 Å². The summed E-state index contributed by atoms with van der Waals surface area (Å²) < 4.78 is 0. The molecule has 2 aromatic carbocycles. The summed E-state index contributed by atoms with van der Waals surface area (Å²) in [5.41, 5.74) is 2.61. The van der Waals surface area contributed by atoms with Gasteiger partial charge in [0.15, 0.2) is 0 Å². The van der Waals surface area contributed by atoms with Crippen LogP contribution >= 0.6 is 11.6 Å². The Labute approximate surface area is 187 Å². The third-order valence-electron chi connectivity index (χ3n) is 6.08. The van der Waals surface area contributed by atoms with Gasteiger partial charge in [-0.2, -0.15) is 0 Å². The molecule has 0 saturated heterocycles. The summed E-state index contributed by atoms with van der Waals surface area (Å²) in [6.07, 6.45) is 7.27. The van der Waals surface area contributed by atoms with Crippen LogP contribution in [0.3, 0.4) is 0 Å². The zero-order chi connectivity index (χ0) is 21.8. The Morgan fingerprint density at radius 3 is 2.58 bits per heavy atom. The van der Waals surface area contributed by atoms with E-state index in [0.717, 1.165) is 47.7 Å². The molecule has 162 valence electrons. The maximum Gasteiger partial charge on any atom is 0.247 e. The topological polar surface area (TPSA) is 65.2 Å². The Hall–Kier alpha value is -2.79. The first-order valence-electron chi connectivity index (χ1n) is 10.9. The average molecular weight is 438 g/mol. The molecule has 2 amide bonds. The molecule has 1 fully saturated rings. The number of amides is 2. The standard InChI is InChI=1S/C25H28ClN3O2/c1-17(30)29(16-18-8-4-2-5-9-18)24(25(31)28-20-10-6-3-7-11-20)22-15-27-23-14-19(26)12-13-21(22)23/h2,4-5,8-9,12-15,20,24,27H,3,6-7,10-11,16H2,1H3,(H,28,31). The van der Waals surface area contributed by atoms with Gasteiger partial charge in [0.2, 0.25) is 11.8 Å². The summed E-state index contributed by atoms with van der Waals surface area (Å²) in [6, 6.07) is 14.8. The minimum absolute atomic E-state index is 0.131. The molecule has 0 spiro atoms. The third-order valence-corrected chi connectivity index (χ3v) is 6.32.